The third kappa shape index (κ3) is 4.50. The first kappa shape index (κ1) is 18.3. The van der Waals surface area contributed by atoms with Gasteiger partial charge in [0.15, 0.2) is 0 Å². The summed E-state index contributed by atoms with van der Waals surface area (Å²) >= 11 is 0. The minimum atomic E-state index is -0.660. The van der Waals surface area contributed by atoms with Crippen LogP contribution in [0, 0.1) is 0 Å². The van der Waals surface area contributed by atoms with E-state index in [0.717, 1.165) is 12.2 Å². The molecule has 1 aliphatic heterocycles. The summed E-state index contributed by atoms with van der Waals surface area (Å²) in [7, 11) is 4.27. The monoisotopic (exact) mass is 348 g/mol. The number of carbonyl (C=O) groups is 3. The van der Waals surface area contributed by atoms with E-state index in [1.165, 1.54) is 21.3 Å². The lowest BCUT2D eigenvalue weighted by Gasteiger charge is -2.18. The van der Waals surface area contributed by atoms with Crippen molar-refractivity contribution in [2.24, 2.45) is 0 Å². The second kappa shape index (κ2) is 8.18. The molecule has 1 N–H and O–H groups in total. The van der Waals surface area contributed by atoms with Gasteiger partial charge in [-0.15, -0.1) is 0 Å². The summed E-state index contributed by atoms with van der Waals surface area (Å²) in [5, 5.41) is 2.58. The highest BCUT2D eigenvalue weighted by molar-refractivity contribution is 6.03. The van der Waals surface area contributed by atoms with E-state index in [-0.39, 0.29) is 5.91 Å². The quantitative estimate of drug-likeness (QED) is 0.599. The van der Waals surface area contributed by atoms with Crippen LogP contribution < -0.4 is 19.7 Å². The van der Waals surface area contributed by atoms with Crippen molar-refractivity contribution in [2.75, 3.05) is 32.8 Å². The van der Waals surface area contributed by atoms with Crippen LogP contribution >= 0.6 is 0 Å². The van der Waals surface area contributed by atoms with Crippen LogP contribution in [0.2, 0.25) is 0 Å². The zero-order chi connectivity index (χ0) is 18.4. The lowest BCUT2D eigenvalue weighted by atomic mass is 10.2. The lowest BCUT2D eigenvalue weighted by molar-refractivity contribution is -0.135. The summed E-state index contributed by atoms with van der Waals surface area (Å²) in [6.45, 7) is 0.445. The van der Waals surface area contributed by atoms with Crippen LogP contribution in [0.3, 0.4) is 0 Å². The number of carbonyl (C=O) groups excluding carboxylic acids is 3. The molecular formula is C17H20N2O6. The number of esters is 1. The SMILES string of the molecule is COC(=O)/C=C/C(=O)NC1CCN(c2cc(OC)cc(OC)c2)C1=O. The Morgan fingerprint density at radius 2 is 1.76 bits per heavy atom. The molecule has 25 heavy (non-hydrogen) atoms. The third-order valence-corrected chi connectivity index (χ3v) is 3.74. The summed E-state index contributed by atoms with van der Waals surface area (Å²) in [6.07, 6.45) is 2.49. The molecule has 2 rings (SSSR count). The van der Waals surface area contributed by atoms with Crippen molar-refractivity contribution in [3.63, 3.8) is 0 Å². The normalized spacial score (nSPS) is 16.8. The van der Waals surface area contributed by atoms with Crippen molar-refractivity contribution in [2.45, 2.75) is 12.5 Å². The van der Waals surface area contributed by atoms with Crippen LogP contribution in [0.1, 0.15) is 6.42 Å². The van der Waals surface area contributed by atoms with Crippen LogP contribution in [0.15, 0.2) is 30.4 Å². The summed E-state index contributed by atoms with van der Waals surface area (Å²) in [5.41, 5.74) is 0.628. The van der Waals surface area contributed by atoms with Crippen molar-refractivity contribution >= 4 is 23.5 Å². The number of amides is 2. The molecule has 1 fully saturated rings. The molecule has 1 saturated heterocycles. The van der Waals surface area contributed by atoms with Crippen molar-refractivity contribution in [1.29, 1.82) is 0 Å². The predicted octanol–water partition coefficient (Wildman–Crippen LogP) is 0.654. The zero-order valence-electron chi connectivity index (χ0n) is 14.3. The average Bonchev–Trinajstić information content (AvgIpc) is 2.99. The number of hydrogen-bond donors (Lipinski definition) is 1. The second-order valence-corrected chi connectivity index (χ2v) is 5.27. The Hall–Kier alpha value is -3.03. The van der Waals surface area contributed by atoms with Crippen molar-refractivity contribution in [1.82, 2.24) is 5.32 Å². The molecule has 0 radical (unpaired) electrons. The third-order valence-electron chi connectivity index (χ3n) is 3.74. The number of benzene rings is 1. The zero-order valence-corrected chi connectivity index (χ0v) is 14.3. The topological polar surface area (TPSA) is 94.2 Å². The fraction of sp³-hybridized carbons (Fsp3) is 0.353. The maximum absolute atomic E-state index is 12.5. The van der Waals surface area contributed by atoms with E-state index in [0.29, 0.717) is 30.2 Å². The first-order chi connectivity index (χ1) is 12.0. The van der Waals surface area contributed by atoms with E-state index in [1.807, 2.05) is 0 Å². The highest BCUT2D eigenvalue weighted by atomic mass is 16.5. The van der Waals surface area contributed by atoms with Gasteiger partial charge in [0.05, 0.1) is 27.0 Å². The first-order valence-corrected chi connectivity index (χ1v) is 7.59. The number of nitrogens with zero attached hydrogens (tertiary/aromatic N) is 1. The van der Waals surface area contributed by atoms with Crippen LogP contribution in [0.5, 0.6) is 11.5 Å². The molecule has 0 aromatic heterocycles. The molecule has 8 nitrogen and oxygen atoms in total. The summed E-state index contributed by atoms with van der Waals surface area (Å²) in [5.74, 6) is -0.284. The maximum atomic E-state index is 12.5. The van der Waals surface area contributed by atoms with Gasteiger partial charge in [-0.25, -0.2) is 4.79 Å². The van der Waals surface area contributed by atoms with Gasteiger partial charge in [0.2, 0.25) is 11.8 Å². The molecule has 0 aliphatic carbocycles. The molecule has 134 valence electrons. The maximum Gasteiger partial charge on any atom is 0.330 e. The van der Waals surface area contributed by atoms with Gasteiger partial charge in [-0.1, -0.05) is 0 Å². The van der Waals surface area contributed by atoms with Crippen LogP contribution in [-0.2, 0) is 19.1 Å². The average molecular weight is 348 g/mol. The fourth-order valence-electron chi connectivity index (χ4n) is 2.45. The van der Waals surface area contributed by atoms with E-state index < -0.39 is 17.9 Å². The van der Waals surface area contributed by atoms with Gasteiger partial charge in [0, 0.05) is 36.9 Å². The van der Waals surface area contributed by atoms with Gasteiger partial charge >= 0.3 is 5.97 Å². The van der Waals surface area contributed by atoms with Gasteiger partial charge in [0.1, 0.15) is 17.5 Å². The van der Waals surface area contributed by atoms with Crippen LogP contribution in [0.4, 0.5) is 5.69 Å². The van der Waals surface area contributed by atoms with Crippen LogP contribution in [-0.4, -0.2) is 51.7 Å². The van der Waals surface area contributed by atoms with E-state index >= 15 is 0 Å². The van der Waals surface area contributed by atoms with E-state index in [2.05, 4.69) is 10.1 Å². The molecule has 1 aromatic rings. The molecule has 2 amide bonds. The number of methoxy groups -OCH3 is 3. The Labute approximate surface area is 145 Å². The van der Waals surface area contributed by atoms with Gasteiger partial charge in [-0.3, -0.25) is 9.59 Å². The molecule has 1 heterocycles. The molecule has 1 atom stereocenters. The minimum Gasteiger partial charge on any atom is -0.497 e. The van der Waals surface area contributed by atoms with Crippen molar-refractivity contribution in [3.8, 4) is 11.5 Å². The van der Waals surface area contributed by atoms with Crippen molar-refractivity contribution < 1.29 is 28.6 Å². The lowest BCUT2D eigenvalue weighted by Crippen LogP contribution is -2.41. The van der Waals surface area contributed by atoms with E-state index in [4.69, 9.17) is 9.47 Å². The molecule has 1 aliphatic rings. The summed E-state index contributed by atoms with van der Waals surface area (Å²) < 4.78 is 14.8. The molecule has 0 spiro atoms. The van der Waals surface area contributed by atoms with E-state index in [1.54, 1.807) is 23.1 Å². The first-order valence-electron chi connectivity index (χ1n) is 7.59. The molecular weight excluding hydrogens is 328 g/mol. The minimum absolute atomic E-state index is 0.241. The van der Waals surface area contributed by atoms with Gasteiger partial charge in [-0.05, 0) is 6.42 Å². The Balaban J connectivity index is 2.08. The fourth-order valence-corrected chi connectivity index (χ4v) is 2.45. The molecule has 0 bridgehead atoms. The molecule has 1 unspecified atom stereocenters. The van der Waals surface area contributed by atoms with Gasteiger partial charge in [0.25, 0.3) is 0 Å². The molecule has 8 heteroatoms. The smallest absolute Gasteiger partial charge is 0.330 e. The van der Waals surface area contributed by atoms with Gasteiger partial charge < -0.3 is 24.4 Å². The highest BCUT2D eigenvalue weighted by Crippen LogP contribution is 2.30. The second-order valence-electron chi connectivity index (χ2n) is 5.27. The molecule has 1 aromatic carbocycles. The largest absolute Gasteiger partial charge is 0.497 e. The summed E-state index contributed by atoms with van der Waals surface area (Å²) in [6, 6.07) is 4.50. The number of hydrogen-bond acceptors (Lipinski definition) is 6. The van der Waals surface area contributed by atoms with Crippen molar-refractivity contribution in [3.05, 3.63) is 30.4 Å². The predicted molar refractivity (Wildman–Crippen MR) is 89.6 cm³/mol. The van der Waals surface area contributed by atoms with E-state index in [9.17, 15) is 14.4 Å². The number of nitrogens with one attached hydrogen (secondary N) is 1. The number of anilines is 1. The Morgan fingerprint density at radius 1 is 1.12 bits per heavy atom. The highest BCUT2D eigenvalue weighted by Gasteiger charge is 2.33. The Morgan fingerprint density at radius 3 is 2.32 bits per heavy atom. The Kier molecular flexibility index (Phi) is 5.99. The summed E-state index contributed by atoms with van der Waals surface area (Å²) in [4.78, 5) is 36.9. The van der Waals surface area contributed by atoms with Gasteiger partial charge in [-0.2, -0.15) is 0 Å². The number of ether oxygens (including phenoxy) is 3. The Bertz CT molecular complexity index is 678. The standard InChI is InChI=1S/C17H20N2O6/c1-23-12-8-11(9-13(10-12)24-2)19-7-6-14(17(19)22)18-15(20)4-5-16(21)25-3/h4-5,8-10,14H,6-7H2,1-3H3,(H,18,20)/b5-4+. The van der Waals surface area contributed by atoms with Crippen LogP contribution in [0.25, 0.3) is 0 Å². The molecule has 0 saturated carbocycles. The number of rotatable bonds is 6.